The zero-order valence-corrected chi connectivity index (χ0v) is 16.5. The predicted octanol–water partition coefficient (Wildman–Crippen LogP) is 1.73. The second-order valence-corrected chi connectivity index (χ2v) is 6.91. The summed E-state index contributed by atoms with van der Waals surface area (Å²) in [7, 11) is 0. The molecule has 0 aromatic heterocycles. The minimum Gasteiger partial charge on any atom is -0.339 e. The van der Waals surface area contributed by atoms with E-state index >= 15 is 0 Å². The molecule has 1 aromatic rings. The lowest BCUT2D eigenvalue weighted by atomic mass is 10.1. The van der Waals surface area contributed by atoms with E-state index in [2.05, 4.69) is 29.0 Å². The van der Waals surface area contributed by atoms with Gasteiger partial charge in [0.1, 0.15) is 0 Å². The van der Waals surface area contributed by atoms with Crippen LogP contribution in [0.25, 0.3) is 0 Å². The van der Waals surface area contributed by atoms with E-state index in [4.69, 9.17) is 0 Å². The van der Waals surface area contributed by atoms with Gasteiger partial charge in [-0.3, -0.25) is 19.4 Å². The van der Waals surface area contributed by atoms with Crippen molar-refractivity contribution in [1.82, 2.24) is 14.7 Å². The van der Waals surface area contributed by atoms with Crippen LogP contribution in [0.2, 0.25) is 0 Å². The highest BCUT2D eigenvalue weighted by Crippen LogP contribution is 2.17. The standard InChI is InChI=1S/C20H32N4O2/c1-5-22(6-2)15-20(26)24-12-10-23(11-13-24)14-19(25)21-18-9-7-8-16(3)17(18)4/h7-9H,5-6,10-15H2,1-4H3,(H,21,25). The first-order valence-corrected chi connectivity index (χ1v) is 9.53. The Hall–Kier alpha value is -1.92. The molecule has 1 aromatic carbocycles. The summed E-state index contributed by atoms with van der Waals surface area (Å²) in [4.78, 5) is 30.9. The number of benzene rings is 1. The highest BCUT2D eigenvalue weighted by Gasteiger charge is 2.23. The first kappa shape index (κ1) is 20.4. The van der Waals surface area contributed by atoms with Crippen LogP contribution in [0.15, 0.2) is 18.2 Å². The molecule has 1 saturated heterocycles. The van der Waals surface area contributed by atoms with Gasteiger partial charge in [-0.1, -0.05) is 26.0 Å². The normalized spacial score (nSPS) is 15.3. The van der Waals surface area contributed by atoms with Gasteiger partial charge < -0.3 is 10.2 Å². The van der Waals surface area contributed by atoms with E-state index in [0.29, 0.717) is 26.2 Å². The summed E-state index contributed by atoms with van der Waals surface area (Å²) in [5.74, 6) is 0.190. The summed E-state index contributed by atoms with van der Waals surface area (Å²) in [5.41, 5.74) is 3.15. The molecular formula is C20H32N4O2. The van der Waals surface area contributed by atoms with Gasteiger partial charge in [-0.05, 0) is 44.1 Å². The van der Waals surface area contributed by atoms with Gasteiger partial charge >= 0.3 is 0 Å². The maximum absolute atomic E-state index is 12.4. The molecule has 0 atom stereocenters. The van der Waals surface area contributed by atoms with Gasteiger partial charge in [0, 0.05) is 31.9 Å². The van der Waals surface area contributed by atoms with Gasteiger partial charge in [-0.2, -0.15) is 0 Å². The van der Waals surface area contributed by atoms with Gasteiger partial charge in [-0.15, -0.1) is 0 Å². The van der Waals surface area contributed by atoms with Crippen molar-refractivity contribution in [2.45, 2.75) is 27.7 Å². The Bertz CT molecular complexity index is 620. The van der Waals surface area contributed by atoms with E-state index < -0.39 is 0 Å². The fourth-order valence-electron chi connectivity index (χ4n) is 3.17. The van der Waals surface area contributed by atoms with Crippen molar-refractivity contribution in [3.63, 3.8) is 0 Å². The van der Waals surface area contributed by atoms with Crippen LogP contribution in [0, 0.1) is 13.8 Å². The molecule has 144 valence electrons. The third kappa shape index (κ3) is 5.54. The largest absolute Gasteiger partial charge is 0.339 e. The summed E-state index contributed by atoms with van der Waals surface area (Å²) in [6.45, 7) is 13.7. The molecule has 2 rings (SSSR count). The molecule has 0 radical (unpaired) electrons. The van der Waals surface area contributed by atoms with Crippen LogP contribution < -0.4 is 5.32 Å². The average molecular weight is 361 g/mol. The zero-order chi connectivity index (χ0) is 19.1. The number of hydrogen-bond donors (Lipinski definition) is 1. The number of hydrogen-bond acceptors (Lipinski definition) is 4. The molecule has 0 saturated carbocycles. The summed E-state index contributed by atoms with van der Waals surface area (Å²) in [6.07, 6.45) is 0. The molecule has 6 heteroatoms. The maximum atomic E-state index is 12.4. The Morgan fingerprint density at radius 1 is 1.08 bits per heavy atom. The third-order valence-corrected chi connectivity index (χ3v) is 5.22. The Balaban J connectivity index is 1.78. The number of nitrogens with zero attached hydrogens (tertiary/aromatic N) is 3. The van der Waals surface area contributed by atoms with Crippen molar-refractivity contribution in [1.29, 1.82) is 0 Å². The van der Waals surface area contributed by atoms with Crippen molar-refractivity contribution < 1.29 is 9.59 Å². The lowest BCUT2D eigenvalue weighted by molar-refractivity contribution is -0.134. The van der Waals surface area contributed by atoms with E-state index in [-0.39, 0.29) is 11.8 Å². The topological polar surface area (TPSA) is 55.9 Å². The zero-order valence-electron chi connectivity index (χ0n) is 16.5. The second-order valence-electron chi connectivity index (χ2n) is 6.91. The van der Waals surface area contributed by atoms with Gasteiger partial charge in [0.2, 0.25) is 11.8 Å². The Kier molecular flexibility index (Phi) is 7.60. The summed E-state index contributed by atoms with van der Waals surface area (Å²) in [6, 6.07) is 5.93. The van der Waals surface area contributed by atoms with Crippen molar-refractivity contribution in [3.8, 4) is 0 Å². The Morgan fingerprint density at radius 3 is 2.35 bits per heavy atom. The van der Waals surface area contributed by atoms with Crippen LogP contribution in [-0.4, -0.2) is 78.9 Å². The number of piperazine rings is 1. The SMILES string of the molecule is CCN(CC)CC(=O)N1CCN(CC(=O)Nc2cccc(C)c2C)CC1. The molecule has 0 unspecified atom stereocenters. The molecule has 2 amide bonds. The lowest BCUT2D eigenvalue weighted by Gasteiger charge is -2.35. The first-order valence-electron chi connectivity index (χ1n) is 9.53. The molecule has 1 aliphatic rings. The number of rotatable bonds is 7. The summed E-state index contributed by atoms with van der Waals surface area (Å²) < 4.78 is 0. The van der Waals surface area contributed by atoms with Gasteiger partial charge in [0.25, 0.3) is 0 Å². The maximum Gasteiger partial charge on any atom is 0.238 e. The van der Waals surface area contributed by atoms with Crippen molar-refractivity contribution in [3.05, 3.63) is 29.3 Å². The van der Waals surface area contributed by atoms with E-state index in [0.717, 1.165) is 37.4 Å². The third-order valence-electron chi connectivity index (χ3n) is 5.22. The van der Waals surface area contributed by atoms with Crippen LogP contribution in [0.1, 0.15) is 25.0 Å². The van der Waals surface area contributed by atoms with E-state index in [1.165, 1.54) is 5.56 Å². The Labute approximate surface area is 157 Å². The smallest absolute Gasteiger partial charge is 0.238 e. The number of nitrogens with one attached hydrogen (secondary N) is 1. The van der Waals surface area contributed by atoms with Crippen LogP contribution in [0.5, 0.6) is 0 Å². The number of carbonyl (C=O) groups is 2. The molecule has 0 aliphatic carbocycles. The second kappa shape index (κ2) is 9.69. The monoisotopic (exact) mass is 360 g/mol. The number of likely N-dealkylation sites (N-methyl/N-ethyl adjacent to an activating group) is 1. The number of amides is 2. The van der Waals surface area contributed by atoms with Crippen LogP contribution in [0.3, 0.4) is 0 Å². The molecular weight excluding hydrogens is 328 g/mol. The van der Waals surface area contributed by atoms with Crippen LogP contribution in [-0.2, 0) is 9.59 Å². The molecule has 0 bridgehead atoms. The molecule has 1 fully saturated rings. The quantitative estimate of drug-likeness (QED) is 0.805. The molecule has 26 heavy (non-hydrogen) atoms. The minimum absolute atomic E-state index is 0.00150. The number of anilines is 1. The molecule has 0 spiro atoms. The number of carbonyl (C=O) groups excluding carboxylic acids is 2. The van der Waals surface area contributed by atoms with E-state index in [9.17, 15) is 9.59 Å². The Morgan fingerprint density at radius 2 is 1.73 bits per heavy atom. The molecule has 1 N–H and O–H groups in total. The summed E-state index contributed by atoms with van der Waals surface area (Å²) in [5, 5.41) is 3.01. The predicted molar refractivity (Wildman–Crippen MR) is 105 cm³/mol. The van der Waals surface area contributed by atoms with Crippen molar-refractivity contribution >= 4 is 17.5 Å². The highest BCUT2D eigenvalue weighted by molar-refractivity contribution is 5.93. The van der Waals surface area contributed by atoms with E-state index in [1.807, 2.05) is 36.9 Å². The molecule has 6 nitrogen and oxygen atoms in total. The highest BCUT2D eigenvalue weighted by atomic mass is 16.2. The fourth-order valence-corrected chi connectivity index (χ4v) is 3.17. The minimum atomic E-state index is 0.00150. The van der Waals surface area contributed by atoms with Gasteiger partial charge in [-0.25, -0.2) is 0 Å². The fraction of sp³-hybridized carbons (Fsp3) is 0.600. The molecule has 1 aliphatic heterocycles. The van der Waals surface area contributed by atoms with Crippen molar-refractivity contribution in [2.24, 2.45) is 0 Å². The first-order chi connectivity index (χ1) is 12.4. The number of aryl methyl sites for hydroxylation is 1. The lowest BCUT2D eigenvalue weighted by Crippen LogP contribution is -2.52. The summed E-state index contributed by atoms with van der Waals surface area (Å²) >= 11 is 0. The van der Waals surface area contributed by atoms with Gasteiger partial charge in [0.15, 0.2) is 0 Å². The van der Waals surface area contributed by atoms with Crippen molar-refractivity contribution in [2.75, 3.05) is 57.7 Å². The van der Waals surface area contributed by atoms with Gasteiger partial charge in [0.05, 0.1) is 13.1 Å². The van der Waals surface area contributed by atoms with Crippen LogP contribution in [0.4, 0.5) is 5.69 Å². The molecule has 1 heterocycles. The van der Waals surface area contributed by atoms with Crippen LogP contribution >= 0.6 is 0 Å². The van der Waals surface area contributed by atoms with E-state index in [1.54, 1.807) is 0 Å². The average Bonchev–Trinajstić information content (AvgIpc) is 2.64.